The van der Waals surface area contributed by atoms with E-state index in [1.807, 2.05) is 62.4 Å². The van der Waals surface area contributed by atoms with Crippen LogP contribution in [0.3, 0.4) is 0 Å². The lowest BCUT2D eigenvalue weighted by Crippen LogP contribution is -2.42. The third-order valence-electron chi connectivity index (χ3n) is 6.98. The van der Waals surface area contributed by atoms with E-state index in [9.17, 15) is 9.59 Å². The molecule has 3 aromatic carbocycles. The highest BCUT2D eigenvalue weighted by Gasteiger charge is 2.34. The monoisotopic (exact) mass is 586 g/mol. The van der Waals surface area contributed by atoms with Gasteiger partial charge in [-0.1, -0.05) is 67.6 Å². The maximum atomic E-state index is 12.6. The smallest absolute Gasteiger partial charge is 0.434 e. The average Bonchev–Trinajstić information content (AvgIpc) is 3.04. The molecule has 0 amide bonds. The quantitative estimate of drug-likeness (QED) is 0.193. The number of carbonyl (C=O) groups is 2. The molecule has 0 aromatic heterocycles. The molecule has 2 saturated heterocycles. The zero-order valence-corrected chi connectivity index (χ0v) is 24.4. The Morgan fingerprint density at radius 3 is 2.40 bits per heavy atom. The Balaban J connectivity index is 1.06. The largest absolute Gasteiger partial charge is 0.508 e. The Labute approximate surface area is 251 Å². The summed E-state index contributed by atoms with van der Waals surface area (Å²) in [6.07, 6.45) is 3.09. The minimum absolute atomic E-state index is 0.0785. The molecule has 0 unspecified atom stereocenters. The fraction of sp³-hybridized carbons (Fsp3) is 0.333. The van der Waals surface area contributed by atoms with Gasteiger partial charge in [0.1, 0.15) is 19.0 Å². The summed E-state index contributed by atoms with van der Waals surface area (Å²) in [5.74, 6) is 0.0129. The van der Waals surface area contributed by atoms with Gasteiger partial charge in [0.25, 0.3) is 0 Å². The van der Waals surface area contributed by atoms with Crippen molar-refractivity contribution in [2.24, 2.45) is 5.41 Å². The highest BCUT2D eigenvalue weighted by Crippen LogP contribution is 2.27. The van der Waals surface area contributed by atoms with Crippen LogP contribution in [0, 0.1) is 12.3 Å². The number of benzene rings is 3. The van der Waals surface area contributed by atoms with Gasteiger partial charge < -0.3 is 33.0 Å². The molecule has 0 radical (unpaired) electrons. The second-order valence-corrected chi connectivity index (χ2v) is 11.0. The van der Waals surface area contributed by atoms with Crippen molar-refractivity contribution in [3.8, 4) is 5.75 Å². The first kappa shape index (κ1) is 30.5. The van der Waals surface area contributed by atoms with Crippen LogP contribution in [0.5, 0.6) is 5.75 Å². The number of hydrogen-bond donors (Lipinski definition) is 0. The third kappa shape index (κ3) is 8.78. The van der Waals surface area contributed by atoms with Crippen LogP contribution in [-0.4, -0.2) is 58.6 Å². The zero-order chi connectivity index (χ0) is 30.1. The molecule has 2 aliphatic heterocycles. The van der Waals surface area contributed by atoms with E-state index >= 15 is 0 Å². The molecule has 0 atom stereocenters. The lowest BCUT2D eigenvalue weighted by molar-refractivity contribution is -0.210. The predicted octanol–water partition coefficient (Wildman–Crippen LogP) is 5.09. The summed E-state index contributed by atoms with van der Waals surface area (Å²) in [7, 11) is -0.353. The first-order valence-corrected chi connectivity index (χ1v) is 14.3. The minimum Gasteiger partial charge on any atom is -0.434 e. The summed E-state index contributed by atoms with van der Waals surface area (Å²) >= 11 is 0. The third-order valence-corrected chi connectivity index (χ3v) is 6.98. The first-order valence-electron chi connectivity index (χ1n) is 14.3. The molecule has 9 nitrogen and oxygen atoms in total. The van der Waals surface area contributed by atoms with Crippen molar-refractivity contribution in [2.75, 3.05) is 33.0 Å². The number of ether oxygens (including phenoxy) is 5. The van der Waals surface area contributed by atoms with Crippen LogP contribution < -0.4 is 10.2 Å². The Morgan fingerprint density at radius 2 is 1.67 bits per heavy atom. The second-order valence-electron chi connectivity index (χ2n) is 11.0. The average molecular weight is 586 g/mol. The maximum absolute atomic E-state index is 12.6. The van der Waals surface area contributed by atoms with Crippen LogP contribution in [0.2, 0.25) is 0 Å². The van der Waals surface area contributed by atoms with Crippen LogP contribution in [0.1, 0.15) is 40.4 Å². The van der Waals surface area contributed by atoms with Gasteiger partial charge in [-0.3, -0.25) is 0 Å². The first-order chi connectivity index (χ1) is 20.9. The van der Waals surface area contributed by atoms with Crippen LogP contribution in [-0.2, 0) is 34.9 Å². The van der Waals surface area contributed by atoms with E-state index < -0.39 is 23.8 Å². The summed E-state index contributed by atoms with van der Waals surface area (Å²) < 4.78 is 39.3. The molecule has 0 bridgehead atoms. The van der Waals surface area contributed by atoms with E-state index in [-0.39, 0.29) is 20.3 Å². The van der Waals surface area contributed by atoms with E-state index in [2.05, 4.69) is 0 Å². The molecule has 0 aliphatic carbocycles. The van der Waals surface area contributed by atoms with E-state index in [1.54, 1.807) is 36.4 Å². The molecule has 0 N–H and O–H groups in total. The van der Waals surface area contributed by atoms with Gasteiger partial charge in [-0.15, -0.1) is 0 Å². The van der Waals surface area contributed by atoms with Gasteiger partial charge in [-0.2, -0.15) is 0 Å². The van der Waals surface area contributed by atoms with Crippen LogP contribution in [0.25, 0.3) is 6.08 Å². The molecule has 0 spiro atoms. The molecule has 10 heteroatoms. The minimum atomic E-state index is -0.761. The zero-order valence-electron chi connectivity index (χ0n) is 24.4. The topological polar surface area (TPSA) is 98.8 Å². The lowest BCUT2D eigenvalue weighted by Gasteiger charge is -2.35. The van der Waals surface area contributed by atoms with E-state index in [1.165, 1.54) is 0 Å². The summed E-state index contributed by atoms with van der Waals surface area (Å²) in [5, 5.41) is 0. The van der Waals surface area contributed by atoms with Crippen molar-refractivity contribution in [1.29, 1.82) is 0 Å². The maximum Gasteiger partial charge on any atom is 0.508 e. The Kier molecular flexibility index (Phi) is 10.3. The standard InChI is InChI=1S/C33H35BO9/c1-24-9-12-26(29(19-24)43-31(35)27-7-4-3-5-8-27)13-16-30-38-21-33(2,22-39-30)23-40-32(36)37-20-25-10-14-28(15-11-25)34-41-17-6-18-42-34/h3-5,7-16,19,30H,6,17-18,20-23H2,1-2H3/b16-13+. The fourth-order valence-corrected chi connectivity index (χ4v) is 4.50. The van der Waals surface area contributed by atoms with Crippen LogP contribution >= 0.6 is 0 Å². The van der Waals surface area contributed by atoms with Gasteiger partial charge in [0.15, 0.2) is 6.29 Å². The normalized spacial score (nSPS) is 20.5. The number of rotatable bonds is 9. The van der Waals surface area contributed by atoms with Crippen molar-refractivity contribution in [2.45, 2.75) is 33.2 Å². The molecule has 3 aromatic rings. The van der Waals surface area contributed by atoms with Gasteiger partial charge in [-0.05, 0) is 54.2 Å². The molecular formula is C33H35BO9. The molecular weight excluding hydrogens is 551 g/mol. The van der Waals surface area contributed by atoms with E-state index in [4.69, 9.17) is 33.0 Å². The Bertz CT molecular complexity index is 1390. The number of aryl methyl sites for hydroxylation is 1. The summed E-state index contributed by atoms with van der Waals surface area (Å²) in [4.78, 5) is 24.8. The van der Waals surface area contributed by atoms with Gasteiger partial charge in [0.2, 0.25) is 0 Å². The SMILES string of the molecule is Cc1ccc(/C=C/C2OCC(C)(COC(=O)OCc3ccc(B4OCCCO4)cc3)CO2)c(OC(=O)c2ccccc2)c1. The van der Waals surface area contributed by atoms with Crippen molar-refractivity contribution < 1.29 is 42.6 Å². The van der Waals surface area contributed by atoms with Crippen LogP contribution in [0.15, 0.2) is 78.9 Å². The number of carbonyl (C=O) groups excluding carboxylic acids is 2. The molecule has 224 valence electrons. The second kappa shape index (κ2) is 14.5. The lowest BCUT2D eigenvalue weighted by atomic mass is 9.78. The summed E-state index contributed by atoms with van der Waals surface area (Å²) in [6, 6.07) is 22.0. The number of esters is 1. The number of hydrogen-bond acceptors (Lipinski definition) is 9. The highest BCUT2D eigenvalue weighted by molar-refractivity contribution is 6.61. The van der Waals surface area contributed by atoms with E-state index in [0.717, 1.165) is 23.0 Å². The molecule has 0 saturated carbocycles. The molecule has 2 fully saturated rings. The molecule has 43 heavy (non-hydrogen) atoms. The molecule has 5 rings (SSSR count). The summed E-state index contributed by atoms with van der Waals surface area (Å²) in [5.41, 5.74) is 3.36. The van der Waals surface area contributed by atoms with Gasteiger partial charge in [-0.25, -0.2) is 9.59 Å². The van der Waals surface area contributed by atoms with Crippen molar-refractivity contribution in [1.82, 2.24) is 0 Å². The van der Waals surface area contributed by atoms with E-state index in [0.29, 0.717) is 43.3 Å². The predicted molar refractivity (Wildman–Crippen MR) is 160 cm³/mol. The van der Waals surface area contributed by atoms with Crippen LogP contribution in [0.4, 0.5) is 4.79 Å². The van der Waals surface area contributed by atoms with Crippen molar-refractivity contribution >= 4 is 30.8 Å². The molecule has 2 heterocycles. The molecule has 2 aliphatic rings. The highest BCUT2D eigenvalue weighted by atomic mass is 16.7. The van der Waals surface area contributed by atoms with Crippen molar-refractivity contribution in [3.05, 3.63) is 101 Å². The Morgan fingerprint density at radius 1 is 0.953 bits per heavy atom. The van der Waals surface area contributed by atoms with Crippen molar-refractivity contribution in [3.63, 3.8) is 0 Å². The van der Waals surface area contributed by atoms with Gasteiger partial charge in [0, 0.05) is 24.2 Å². The Hall–Kier alpha value is -3.96. The summed E-state index contributed by atoms with van der Waals surface area (Å²) in [6.45, 7) is 5.98. The van der Waals surface area contributed by atoms with Gasteiger partial charge in [0.05, 0.1) is 18.8 Å². The van der Waals surface area contributed by atoms with Gasteiger partial charge >= 0.3 is 19.2 Å². The fourth-order valence-electron chi connectivity index (χ4n) is 4.50.